The molecule has 1 aliphatic carbocycles. The summed E-state index contributed by atoms with van der Waals surface area (Å²) in [6, 6.07) is 6.67. The Balaban J connectivity index is 1.85. The average Bonchev–Trinajstić information content (AvgIpc) is 3.51. The molecule has 2 unspecified atom stereocenters. The maximum Gasteiger partial charge on any atom is 0.304 e. The highest BCUT2D eigenvalue weighted by Crippen LogP contribution is 2.38. The number of carboxylic acid groups (broad SMARTS) is 1. The van der Waals surface area contributed by atoms with Gasteiger partial charge in [-0.15, -0.1) is 0 Å². The molecule has 2 fully saturated rings. The van der Waals surface area contributed by atoms with Crippen LogP contribution in [0, 0.1) is 5.92 Å². The maximum absolute atomic E-state index is 13.2. The molecule has 1 saturated carbocycles. The van der Waals surface area contributed by atoms with Gasteiger partial charge in [0.15, 0.2) is 0 Å². The van der Waals surface area contributed by atoms with E-state index in [0.717, 1.165) is 5.56 Å². The average molecular weight is 443 g/mol. The van der Waals surface area contributed by atoms with Gasteiger partial charge in [0.25, 0.3) is 0 Å². The molecule has 0 aromatic heterocycles. The van der Waals surface area contributed by atoms with E-state index in [9.17, 15) is 23.1 Å². The highest BCUT2D eigenvalue weighted by molar-refractivity contribution is 7.90. The van der Waals surface area contributed by atoms with Gasteiger partial charge in [-0.25, -0.2) is 13.1 Å². The molecule has 3 atom stereocenters. The second-order valence-electron chi connectivity index (χ2n) is 7.84. The zero-order chi connectivity index (χ0) is 21.2. The van der Waals surface area contributed by atoms with Crippen molar-refractivity contribution in [2.45, 2.75) is 62.8 Å². The van der Waals surface area contributed by atoms with E-state index >= 15 is 0 Å². The lowest BCUT2D eigenvalue weighted by atomic mass is 9.85. The molecule has 1 aromatic carbocycles. The first kappa shape index (κ1) is 22.1. The van der Waals surface area contributed by atoms with Crippen LogP contribution in [0.15, 0.2) is 24.3 Å². The van der Waals surface area contributed by atoms with Crippen LogP contribution in [0.2, 0.25) is 5.02 Å². The molecule has 0 radical (unpaired) electrons. The van der Waals surface area contributed by atoms with Crippen LogP contribution in [0.3, 0.4) is 0 Å². The number of hydrogen-bond acceptors (Lipinski definition) is 4. The number of carbonyl (C=O) groups is 2. The molecule has 3 rings (SSSR count). The number of likely N-dealkylation sites (tertiary alicyclic amines) is 1. The molecule has 29 heavy (non-hydrogen) atoms. The quantitative estimate of drug-likeness (QED) is 0.611. The van der Waals surface area contributed by atoms with Gasteiger partial charge in [0.2, 0.25) is 15.9 Å². The monoisotopic (exact) mass is 442 g/mol. The molecule has 2 N–H and O–H groups in total. The predicted molar refractivity (Wildman–Crippen MR) is 110 cm³/mol. The number of carbonyl (C=O) groups excluding carboxylic acids is 1. The fourth-order valence-corrected chi connectivity index (χ4v) is 5.52. The van der Waals surface area contributed by atoms with Crippen LogP contribution in [-0.2, 0) is 19.6 Å². The van der Waals surface area contributed by atoms with Gasteiger partial charge in [0, 0.05) is 23.5 Å². The fourth-order valence-electron chi connectivity index (χ4n) is 3.98. The van der Waals surface area contributed by atoms with E-state index in [0.29, 0.717) is 37.1 Å². The van der Waals surface area contributed by atoms with E-state index in [2.05, 4.69) is 4.72 Å². The summed E-state index contributed by atoms with van der Waals surface area (Å²) in [4.78, 5) is 26.2. The number of halogens is 1. The Morgan fingerprint density at radius 3 is 2.45 bits per heavy atom. The van der Waals surface area contributed by atoms with Crippen molar-refractivity contribution in [2.24, 2.45) is 5.92 Å². The number of piperidine rings is 1. The third kappa shape index (κ3) is 5.29. The summed E-state index contributed by atoms with van der Waals surface area (Å²) in [5.41, 5.74) is 0.917. The van der Waals surface area contributed by atoms with Gasteiger partial charge in [-0.3, -0.25) is 9.59 Å². The van der Waals surface area contributed by atoms with Gasteiger partial charge in [0.05, 0.1) is 17.7 Å². The van der Waals surface area contributed by atoms with Gasteiger partial charge in [-0.1, -0.05) is 30.7 Å². The predicted octanol–water partition coefficient (Wildman–Crippen LogP) is 2.95. The van der Waals surface area contributed by atoms with Crippen molar-refractivity contribution in [3.05, 3.63) is 34.9 Å². The summed E-state index contributed by atoms with van der Waals surface area (Å²) in [6.07, 6.45) is 2.79. The van der Waals surface area contributed by atoms with E-state index in [1.54, 1.807) is 17.0 Å². The second-order valence-corrected chi connectivity index (χ2v) is 10.3. The minimum atomic E-state index is -3.37. The van der Waals surface area contributed by atoms with Crippen LogP contribution >= 0.6 is 11.6 Å². The highest BCUT2D eigenvalue weighted by atomic mass is 35.5. The lowest BCUT2D eigenvalue weighted by Gasteiger charge is -2.44. The number of hydrogen-bond donors (Lipinski definition) is 2. The number of amides is 1. The first-order chi connectivity index (χ1) is 13.7. The Bertz CT molecular complexity index is 854. The third-order valence-electron chi connectivity index (χ3n) is 5.75. The molecule has 1 aromatic rings. The van der Waals surface area contributed by atoms with Crippen LogP contribution in [0.25, 0.3) is 0 Å². The van der Waals surface area contributed by atoms with Crippen molar-refractivity contribution in [2.75, 3.05) is 6.54 Å². The molecule has 9 heteroatoms. The first-order valence-corrected chi connectivity index (χ1v) is 11.9. The lowest BCUT2D eigenvalue weighted by Crippen LogP contribution is -2.53. The molecule has 7 nitrogen and oxygen atoms in total. The molecule has 1 aliphatic heterocycles. The zero-order valence-electron chi connectivity index (χ0n) is 16.4. The van der Waals surface area contributed by atoms with E-state index in [4.69, 9.17) is 11.6 Å². The third-order valence-corrected chi connectivity index (χ3v) is 7.92. The number of benzene rings is 1. The zero-order valence-corrected chi connectivity index (χ0v) is 18.0. The Morgan fingerprint density at radius 1 is 1.24 bits per heavy atom. The molecular weight excluding hydrogens is 416 g/mol. The molecular formula is C20H27ClN2O5S. The standard InChI is InChI=1S/C20H27ClN2O5S/c1-2-16(12-22-29(27,28)17-8-9-17)23-18(13-3-6-15(21)7-4-13)10-5-14(20(23)26)11-19(24)25/h3-4,6-7,14,16-18,22H,2,5,8-12H2,1H3,(H,24,25)/t14?,16-,18?/m0/s1. The van der Waals surface area contributed by atoms with Gasteiger partial charge in [0.1, 0.15) is 0 Å². The summed E-state index contributed by atoms with van der Waals surface area (Å²) in [5.74, 6) is -1.82. The van der Waals surface area contributed by atoms with Crippen LogP contribution < -0.4 is 4.72 Å². The SMILES string of the molecule is CC[C@@H](CNS(=O)(=O)C1CC1)N1C(=O)C(CC(=O)O)CCC1c1ccc(Cl)cc1. The molecule has 1 amide bonds. The molecule has 0 bridgehead atoms. The van der Waals surface area contributed by atoms with Crippen LogP contribution in [0.1, 0.15) is 57.1 Å². The van der Waals surface area contributed by atoms with Crippen molar-refractivity contribution < 1.29 is 23.1 Å². The molecule has 1 saturated heterocycles. The van der Waals surface area contributed by atoms with Crippen LogP contribution in [0.5, 0.6) is 0 Å². The largest absolute Gasteiger partial charge is 0.481 e. The van der Waals surface area contributed by atoms with Gasteiger partial charge in [-0.05, 0) is 49.8 Å². The second kappa shape index (κ2) is 9.02. The Kier molecular flexibility index (Phi) is 6.86. The fraction of sp³-hybridized carbons (Fsp3) is 0.600. The number of nitrogens with zero attached hydrogens (tertiary/aromatic N) is 1. The van der Waals surface area contributed by atoms with E-state index in [1.165, 1.54) is 0 Å². The highest BCUT2D eigenvalue weighted by Gasteiger charge is 2.41. The minimum Gasteiger partial charge on any atom is -0.481 e. The first-order valence-electron chi connectivity index (χ1n) is 10.0. The van der Waals surface area contributed by atoms with Crippen molar-refractivity contribution in [1.29, 1.82) is 0 Å². The summed E-state index contributed by atoms with van der Waals surface area (Å²) < 4.78 is 27.2. The minimum absolute atomic E-state index is 0.130. The van der Waals surface area contributed by atoms with Crippen molar-refractivity contribution in [1.82, 2.24) is 9.62 Å². The number of carboxylic acids is 1. The number of sulfonamides is 1. The Labute approximate surface area is 176 Å². The number of rotatable bonds is 9. The van der Waals surface area contributed by atoms with Crippen molar-refractivity contribution in [3.63, 3.8) is 0 Å². The normalized spacial score (nSPS) is 23.8. The topological polar surface area (TPSA) is 104 Å². The molecule has 2 aliphatic rings. The Hall–Kier alpha value is -1.64. The van der Waals surface area contributed by atoms with Crippen molar-refractivity contribution in [3.8, 4) is 0 Å². The van der Waals surface area contributed by atoms with Gasteiger partial charge in [-0.2, -0.15) is 0 Å². The number of aliphatic carboxylic acids is 1. The summed E-state index contributed by atoms with van der Waals surface area (Å²) in [7, 11) is -3.37. The summed E-state index contributed by atoms with van der Waals surface area (Å²) in [6.45, 7) is 2.04. The molecule has 160 valence electrons. The molecule has 0 spiro atoms. The van der Waals surface area contributed by atoms with E-state index in [-0.39, 0.29) is 36.2 Å². The maximum atomic E-state index is 13.2. The lowest BCUT2D eigenvalue weighted by molar-refractivity contribution is -0.151. The molecule has 1 heterocycles. The van der Waals surface area contributed by atoms with Gasteiger partial charge >= 0.3 is 5.97 Å². The smallest absolute Gasteiger partial charge is 0.304 e. The summed E-state index contributed by atoms with van der Waals surface area (Å²) >= 11 is 6.00. The van der Waals surface area contributed by atoms with Crippen molar-refractivity contribution >= 4 is 33.5 Å². The van der Waals surface area contributed by atoms with E-state index < -0.39 is 21.9 Å². The Morgan fingerprint density at radius 2 is 1.90 bits per heavy atom. The van der Waals surface area contributed by atoms with Gasteiger partial charge < -0.3 is 10.0 Å². The van der Waals surface area contributed by atoms with Crippen LogP contribution in [0.4, 0.5) is 0 Å². The number of nitrogens with one attached hydrogen (secondary N) is 1. The summed E-state index contributed by atoms with van der Waals surface area (Å²) in [5, 5.41) is 9.44. The van der Waals surface area contributed by atoms with Crippen LogP contribution in [-0.4, -0.2) is 48.1 Å². The van der Waals surface area contributed by atoms with E-state index in [1.807, 2.05) is 19.1 Å².